The van der Waals surface area contributed by atoms with Crippen molar-refractivity contribution in [3.63, 3.8) is 0 Å². The molecular formula is C15H33N. The zero-order chi connectivity index (χ0) is 12.1. The number of unbranched alkanes of at least 4 members (excludes halogenated alkanes) is 8. The first kappa shape index (κ1) is 16.0. The smallest absolute Gasteiger partial charge is 0.00360 e. The Bertz CT molecular complexity index is 123. The van der Waals surface area contributed by atoms with Crippen LogP contribution in [0.4, 0.5) is 0 Å². The molecule has 0 aliphatic carbocycles. The SMILES string of the molecule is CCCCCCCCCCCNC(C)CC. The fraction of sp³-hybridized carbons (Fsp3) is 1.00. The van der Waals surface area contributed by atoms with Crippen molar-refractivity contribution < 1.29 is 0 Å². The third kappa shape index (κ3) is 12.0. The Morgan fingerprint density at radius 3 is 1.75 bits per heavy atom. The van der Waals surface area contributed by atoms with E-state index in [2.05, 4.69) is 26.1 Å². The quantitative estimate of drug-likeness (QED) is 0.467. The van der Waals surface area contributed by atoms with Crippen LogP contribution in [-0.2, 0) is 0 Å². The monoisotopic (exact) mass is 227 g/mol. The van der Waals surface area contributed by atoms with Gasteiger partial charge in [-0.15, -0.1) is 0 Å². The van der Waals surface area contributed by atoms with E-state index in [4.69, 9.17) is 0 Å². The van der Waals surface area contributed by atoms with Gasteiger partial charge in [0.25, 0.3) is 0 Å². The van der Waals surface area contributed by atoms with Crippen LogP contribution in [0.1, 0.15) is 85.0 Å². The van der Waals surface area contributed by atoms with Crippen LogP contribution in [-0.4, -0.2) is 12.6 Å². The third-order valence-corrected chi connectivity index (χ3v) is 3.39. The average molecular weight is 227 g/mol. The van der Waals surface area contributed by atoms with Crippen LogP contribution in [0, 0.1) is 0 Å². The van der Waals surface area contributed by atoms with Crippen molar-refractivity contribution >= 4 is 0 Å². The summed E-state index contributed by atoms with van der Waals surface area (Å²) in [6.07, 6.45) is 14.1. The molecule has 0 aromatic rings. The number of rotatable bonds is 12. The third-order valence-electron chi connectivity index (χ3n) is 3.39. The Morgan fingerprint density at radius 1 is 0.750 bits per heavy atom. The molecule has 16 heavy (non-hydrogen) atoms. The van der Waals surface area contributed by atoms with Gasteiger partial charge in [0.1, 0.15) is 0 Å². The second-order valence-corrected chi connectivity index (χ2v) is 5.09. The predicted octanol–water partition coefficient (Wildman–Crippen LogP) is 4.91. The average Bonchev–Trinajstić information content (AvgIpc) is 2.31. The molecule has 0 bridgehead atoms. The molecule has 0 aliphatic heterocycles. The summed E-state index contributed by atoms with van der Waals surface area (Å²) >= 11 is 0. The standard InChI is InChI=1S/C15H33N/c1-4-6-7-8-9-10-11-12-13-14-16-15(3)5-2/h15-16H,4-14H2,1-3H3. The molecule has 0 heterocycles. The van der Waals surface area contributed by atoms with E-state index in [0.29, 0.717) is 6.04 Å². The fourth-order valence-corrected chi connectivity index (χ4v) is 1.93. The Morgan fingerprint density at radius 2 is 1.25 bits per heavy atom. The largest absolute Gasteiger partial charge is 0.314 e. The van der Waals surface area contributed by atoms with Crippen LogP contribution < -0.4 is 5.32 Å². The van der Waals surface area contributed by atoms with Crippen LogP contribution in [0.25, 0.3) is 0 Å². The van der Waals surface area contributed by atoms with Gasteiger partial charge in [-0.3, -0.25) is 0 Å². The lowest BCUT2D eigenvalue weighted by molar-refractivity contribution is 0.500. The first-order valence-corrected chi connectivity index (χ1v) is 7.54. The highest BCUT2D eigenvalue weighted by Crippen LogP contribution is 2.09. The highest BCUT2D eigenvalue weighted by Gasteiger charge is 1.96. The predicted molar refractivity (Wildman–Crippen MR) is 75.0 cm³/mol. The molecule has 0 rings (SSSR count). The topological polar surface area (TPSA) is 12.0 Å². The van der Waals surface area contributed by atoms with Gasteiger partial charge in [-0.25, -0.2) is 0 Å². The summed E-state index contributed by atoms with van der Waals surface area (Å²) in [5.74, 6) is 0. The summed E-state index contributed by atoms with van der Waals surface area (Å²) in [6, 6.07) is 0.703. The maximum absolute atomic E-state index is 3.55. The normalized spacial score (nSPS) is 12.9. The molecule has 1 heteroatoms. The number of hydrogen-bond donors (Lipinski definition) is 1. The minimum Gasteiger partial charge on any atom is -0.314 e. The van der Waals surface area contributed by atoms with Crippen molar-refractivity contribution in [1.29, 1.82) is 0 Å². The van der Waals surface area contributed by atoms with Crippen LogP contribution in [0.2, 0.25) is 0 Å². The van der Waals surface area contributed by atoms with E-state index in [9.17, 15) is 0 Å². The Balaban J connectivity index is 2.93. The van der Waals surface area contributed by atoms with Crippen molar-refractivity contribution in [3.05, 3.63) is 0 Å². The molecule has 0 aromatic heterocycles. The van der Waals surface area contributed by atoms with Gasteiger partial charge < -0.3 is 5.32 Å². The molecule has 0 radical (unpaired) electrons. The van der Waals surface area contributed by atoms with E-state index in [-0.39, 0.29) is 0 Å². The van der Waals surface area contributed by atoms with Gasteiger partial charge in [-0.1, -0.05) is 65.2 Å². The molecule has 1 atom stereocenters. The highest BCUT2D eigenvalue weighted by atomic mass is 14.9. The lowest BCUT2D eigenvalue weighted by Crippen LogP contribution is -2.25. The highest BCUT2D eigenvalue weighted by molar-refractivity contribution is 4.57. The van der Waals surface area contributed by atoms with Crippen molar-refractivity contribution in [1.82, 2.24) is 5.32 Å². The van der Waals surface area contributed by atoms with Crippen LogP contribution in [0.5, 0.6) is 0 Å². The molecule has 1 nitrogen and oxygen atoms in total. The summed E-state index contributed by atoms with van der Waals surface area (Å²) in [6.45, 7) is 8.01. The first-order valence-electron chi connectivity index (χ1n) is 7.54. The maximum Gasteiger partial charge on any atom is 0.00360 e. The van der Waals surface area contributed by atoms with Gasteiger partial charge in [0.05, 0.1) is 0 Å². The molecule has 0 saturated carbocycles. The van der Waals surface area contributed by atoms with Crippen molar-refractivity contribution in [3.8, 4) is 0 Å². The zero-order valence-electron chi connectivity index (χ0n) is 11.9. The molecule has 98 valence electrons. The lowest BCUT2D eigenvalue weighted by atomic mass is 10.1. The van der Waals surface area contributed by atoms with E-state index < -0.39 is 0 Å². The van der Waals surface area contributed by atoms with Gasteiger partial charge in [0.2, 0.25) is 0 Å². The fourth-order valence-electron chi connectivity index (χ4n) is 1.93. The van der Waals surface area contributed by atoms with Gasteiger partial charge in [0.15, 0.2) is 0 Å². The maximum atomic E-state index is 3.55. The van der Waals surface area contributed by atoms with Crippen molar-refractivity contribution in [2.75, 3.05) is 6.54 Å². The Kier molecular flexibility index (Phi) is 13.0. The zero-order valence-corrected chi connectivity index (χ0v) is 11.9. The number of hydrogen-bond acceptors (Lipinski definition) is 1. The molecule has 1 unspecified atom stereocenters. The Labute approximate surface area is 103 Å². The molecule has 0 saturated heterocycles. The summed E-state index contributed by atoms with van der Waals surface area (Å²) in [4.78, 5) is 0. The first-order chi connectivity index (χ1) is 7.81. The van der Waals surface area contributed by atoms with Crippen LogP contribution >= 0.6 is 0 Å². The van der Waals surface area contributed by atoms with E-state index in [1.54, 1.807) is 0 Å². The van der Waals surface area contributed by atoms with Crippen molar-refractivity contribution in [2.45, 2.75) is 91.0 Å². The van der Waals surface area contributed by atoms with E-state index in [1.807, 2.05) is 0 Å². The van der Waals surface area contributed by atoms with Gasteiger partial charge in [-0.2, -0.15) is 0 Å². The summed E-state index contributed by atoms with van der Waals surface area (Å²) in [5.41, 5.74) is 0. The van der Waals surface area contributed by atoms with Crippen molar-refractivity contribution in [2.24, 2.45) is 0 Å². The number of nitrogens with one attached hydrogen (secondary N) is 1. The second-order valence-electron chi connectivity index (χ2n) is 5.09. The van der Waals surface area contributed by atoms with Gasteiger partial charge >= 0.3 is 0 Å². The summed E-state index contributed by atoms with van der Waals surface area (Å²) in [7, 11) is 0. The van der Waals surface area contributed by atoms with Gasteiger partial charge in [-0.05, 0) is 26.3 Å². The molecule has 0 aromatic carbocycles. The van der Waals surface area contributed by atoms with E-state index in [1.165, 1.54) is 70.8 Å². The van der Waals surface area contributed by atoms with Gasteiger partial charge in [0, 0.05) is 6.04 Å². The van der Waals surface area contributed by atoms with Crippen LogP contribution in [0.3, 0.4) is 0 Å². The summed E-state index contributed by atoms with van der Waals surface area (Å²) in [5, 5.41) is 3.55. The molecule has 0 fully saturated rings. The minimum atomic E-state index is 0.703. The lowest BCUT2D eigenvalue weighted by Gasteiger charge is -2.10. The summed E-state index contributed by atoms with van der Waals surface area (Å²) < 4.78 is 0. The molecule has 0 amide bonds. The molecule has 1 N–H and O–H groups in total. The minimum absolute atomic E-state index is 0.703. The second kappa shape index (κ2) is 13.0. The molecular weight excluding hydrogens is 194 g/mol. The van der Waals surface area contributed by atoms with E-state index >= 15 is 0 Å². The van der Waals surface area contributed by atoms with Crippen LogP contribution in [0.15, 0.2) is 0 Å². The Hall–Kier alpha value is -0.0400. The van der Waals surface area contributed by atoms with E-state index in [0.717, 1.165) is 0 Å². The molecule has 0 spiro atoms. The molecule has 0 aliphatic rings.